The molecule has 4 nitrogen and oxygen atoms in total. The Balaban J connectivity index is 0. The Kier molecular flexibility index (Phi) is 10.5. The quantitative estimate of drug-likeness (QED) is 0.509. The van der Waals surface area contributed by atoms with Crippen LogP contribution in [0.3, 0.4) is 0 Å². The molecule has 12 heavy (non-hydrogen) atoms. The van der Waals surface area contributed by atoms with Crippen LogP contribution in [0.5, 0.6) is 0 Å². The number of ether oxygens (including phenoxy) is 1. The van der Waals surface area contributed by atoms with Crippen LogP contribution >= 0.6 is 0 Å². The monoisotopic (exact) mass is 174 g/mol. The Labute approximate surface area is 71.8 Å². The summed E-state index contributed by atoms with van der Waals surface area (Å²) in [4.78, 5) is 8.56. The molecule has 0 atom stereocenters. The molecule has 0 unspecified atom stereocenters. The van der Waals surface area contributed by atoms with Crippen LogP contribution in [0, 0.1) is 0 Å². The van der Waals surface area contributed by atoms with Crippen LogP contribution in [0.1, 0.15) is 13.8 Å². The van der Waals surface area contributed by atoms with Gasteiger partial charge in [-0.05, 0) is 19.9 Å². The van der Waals surface area contributed by atoms with E-state index in [0.717, 1.165) is 5.76 Å². The minimum atomic E-state index is -1.83. The lowest BCUT2D eigenvalue weighted by Gasteiger charge is -1.99. The highest BCUT2D eigenvalue weighted by Gasteiger charge is 1.79. The molecule has 0 aliphatic heterocycles. The van der Waals surface area contributed by atoms with Gasteiger partial charge in [0.15, 0.2) is 0 Å². The van der Waals surface area contributed by atoms with Crippen molar-refractivity contribution in [3.63, 3.8) is 0 Å². The molecule has 0 fully saturated rings. The lowest BCUT2D eigenvalue weighted by molar-refractivity contribution is 0.137. The Hall–Kier alpha value is -1.45. The molecule has 0 saturated carbocycles. The van der Waals surface area contributed by atoms with E-state index in [1.807, 2.05) is 19.9 Å². The maximum Gasteiger partial charge on any atom is 0.503 e. The summed E-state index contributed by atoms with van der Waals surface area (Å²) in [5.74, 6) is 0.949. The van der Waals surface area contributed by atoms with E-state index in [9.17, 15) is 0 Å². The normalized spacial score (nSPS) is 9.33. The highest BCUT2D eigenvalue weighted by molar-refractivity contribution is 5.53. The Bertz CT molecular complexity index is 156. The summed E-state index contributed by atoms with van der Waals surface area (Å²) in [7, 11) is 0. The van der Waals surface area contributed by atoms with E-state index in [4.69, 9.17) is 19.7 Å². The predicted octanol–water partition coefficient (Wildman–Crippen LogP) is 2.34. The SMILES string of the molecule is C=CCOC(C)=CC.O=C(O)O. The second-order valence-electron chi connectivity index (χ2n) is 1.78. The summed E-state index contributed by atoms with van der Waals surface area (Å²) in [6.07, 6.45) is 1.82. The number of carboxylic acid groups (broad SMARTS) is 2. The topological polar surface area (TPSA) is 66.8 Å². The summed E-state index contributed by atoms with van der Waals surface area (Å²) in [5, 5.41) is 13.9. The Morgan fingerprint density at radius 1 is 1.58 bits per heavy atom. The van der Waals surface area contributed by atoms with Gasteiger partial charge in [0.2, 0.25) is 0 Å². The fourth-order valence-corrected chi connectivity index (χ4v) is 0.274. The number of carbonyl (C=O) groups is 1. The van der Waals surface area contributed by atoms with Crippen molar-refractivity contribution in [2.75, 3.05) is 6.61 Å². The molecule has 0 saturated heterocycles. The maximum absolute atomic E-state index is 8.56. The molecular weight excluding hydrogens is 160 g/mol. The van der Waals surface area contributed by atoms with E-state index in [-0.39, 0.29) is 0 Å². The first kappa shape index (κ1) is 13.2. The van der Waals surface area contributed by atoms with Crippen molar-refractivity contribution in [2.24, 2.45) is 0 Å². The van der Waals surface area contributed by atoms with Crippen molar-refractivity contribution < 1.29 is 19.7 Å². The van der Waals surface area contributed by atoms with Crippen molar-refractivity contribution in [3.05, 3.63) is 24.5 Å². The van der Waals surface area contributed by atoms with Gasteiger partial charge in [-0.3, -0.25) is 0 Å². The van der Waals surface area contributed by atoms with E-state index in [1.165, 1.54) is 0 Å². The van der Waals surface area contributed by atoms with Gasteiger partial charge in [-0.1, -0.05) is 12.7 Å². The molecule has 0 aliphatic carbocycles. The average molecular weight is 174 g/mol. The predicted molar refractivity (Wildman–Crippen MR) is 46.2 cm³/mol. The van der Waals surface area contributed by atoms with Crippen molar-refractivity contribution in [1.82, 2.24) is 0 Å². The molecule has 0 radical (unpaired) electrons. The summed E-state index contributed by atoms with van der Waals surface area (Å²) >= 11 is 0. The highest BCUT2D eigenvalue weighted by Crippen LogP contribution is 1.92. The zero-order chi connectivity index (χ0) is 9.98. The van der Waals surface area contributed by atoms with Crippen LogP contribution in [-0.4, -0.2) is 23.0 Å². The van der Waals surface area contributed by atoms with Gasteiger partial charge in [-0.2, -0.15) is 0 Å². The summed E-state index contributed by atoms with van der Waals surface area (Å²) in [6.45, 7) is 7.99. The van der Waals surface area contributed by atoms with Crippen LogP contribution in [-0.2, 0) is 4.74 Å². The standard InChI is InChI=1S/C7H12O.CH2O3/c1-4-6-8-7(3)5-2;2-1(3)4/h4-5H,1,6H2,2-3H3;(H2,2,3,4). The van der Waals surface area contributed by atoms with Gasteiger partial charge in [-0.15, -0.1) is 0 Å². The van der Waals surface area contributed by atoms with Gasteiger partial charge < -0.3 is 14.9 Å². The molecule has 0 bridgehead atoms. The van der Waals surface area contributed by atoms with Crippen molar-refractivity contribution in [1.29, 1.82) is 0 Å². The van der Waals surface area contributed by atoms with Gasteiger partial charge >= 0.3 is 6.16 Å². The zero-order valence-electron chi connectivity index (χ0n) is 7.28. The number of hydrogen-bond donors (Lipinski definition) is 2. The fraction of sp³-hybridized carbons (Fsp3) is 0.375. The molecule has 2 N–H and O–H groups in total. The van der Waals surface area contributed by atoms with Crippen LogP contribution in [0.4, 0.5) is 4.79 Å². The molecule has 0 spiro atoms. The van der Waals surface area contributed by atoms with Gasteiger partial charge in [0.25, 0.3) is 0 Å². The van der Waals surface area contributed by atoms with E-state index < -0.39 is 6.16 Å². The molecule has 0 heterocycles. The van der Waals surface area contributed by atoms with Gasteiger partial charge in [0, 0.05) is 0 Å². The minimum Gasteiger partial charge on any atom is -0.495 e. The van der Waals surface area contributed by atoms with Gasteiger partial charge in [-0.25, -0.2) is 4.79 Å². The molecule has 0 aromatic heterocycles. The van der Waals surface area contributed by atoms with Crippen molar-refractivity contribution in [2.45, 2.75) is 13.8 Å². The number of allylic oxidation sites excluding steroid dienone is 2. The smallest absolute Gasteiger partial charge is 0.495 e. The molecule has 0 amide bonds. The van der Waals surface area contributed by atoms with Crippen molar-refractivity contribution >= 4 is 6.16 Å². The first-order valence-corrected chi connectivity index (χ1v) is 3.33. The van der Waals surface area contributed by atoms with Crippen LogP contribution in [0.15, 0.2) is 24.5 Å². The Morgan fingerprint density at radius 3 is 2.25 bits per heavy atom. The van der Waals surface area contributed by atoms with Crippen molar-refractivity contribution in [3.8, 4) is 0 Å². The zero-order valence-corrected chi connectivity index (χ0v) is 7.28. The molecule has 4 heteroatoms. The van der Waals surface area contributed by atoms with E-state index >= 15 is 0 Å². The first-order chi connectivity index (χ1) is 5.54. The maximum atomic E-state index is 8.56. The molecule has 0 aromatic rings. The lowest BCUT2D eigenvalue weighted by atomic mass is 10.5. The average Bonchev–Trinajstić information content (AvgIpc) is 1.99. The lowest BCUT2D eigenvalue weighted by Crippen LogP contribution is -1.85. The highest BCUT2D eigenvalue weighted by atomic mass is 16.6. The largest absolute Gasteiger partial charge is 0.503 e. The summed E-state index contributed by atoms with van der Waals surface area (Å²) in [5.41, 5.74) is 0. The molecule has 0 rings (SSSR count). The second-order valence-corrected chi connectivity index (χ2v) is 1.78. The van der Waals surface area contributed by atoms with Crippen LogP contribution in [0.2, 0.25) is 0 Å². The summed E-state index contributed by atoms with van der Waals surface area (Å²) in [6, 6.07) is 0. The van der Waals surface area contributed by atoms with E-state index in [2.05, 4.69) is 6.58 Å². The summed E-state index contributed by atoms with van der Waals surface area (Å²) < 4.78 is 5.08. The van der Waals surface area contributed by atoms with Crippen LogP contribution < -0.4 is 0 Å². The third-order valence-electron chi connectivity index (χ3n) is 0.835. The third kappa shape index (κ3) is 23.5. The molecular formula is C8H14O4. The number of hydrogen-bond acceptors (Lipinski definition) is 2. The van der Waals surface area contributed by atoms with E-state index in [0.29, 0.717) is 6.61 Å². The molecule has 0 aromatic carbocycles. The third-order valence-corrected chi connectivity index (χ3v) is 0.835. The molecule has 70 valence electrons. The fourth-order valence-electron chi connectivity index (χ4n) is 0.274. The Morgan fingerprint density at radius 2 is 2.00 bits per heavy atom. The number of rotatable bonds is 3. The minimum absolute atomic E-state index is 0.607. The van der Waals surface area contributed by atoms with Gasteiger partial charge in [0.05, 0.1) is 5.76 Å². The first-order valence-electron chi connectivity index (χ1n) is 3.33. The second kappa shape index (κ2) is 9.55. The molecule has 0 aliphatic rings. The van der Waals surface area contributed by atoms with Crippen LogP contribution in [0.25, 0.3) is 0 Å². The van der Waals surface area contributed by atoms with Gasteiger partial charge in [0.1, 0.15) is 6.61 Å². The van der Waals surface area contributed by atoms with E-state index in [1.54, 1.807) is 6.08 Å².